The molecule has 0 aliphatic rings. The van der Waals surface area contributed by atoms with Crippen molar-refractivity contribution in [3.05, 3.63) is 0 Å². The van der Waals surface area contributed by atoms with Crippen LogP contribution in [0.1, 0.15) is 0 Å². The van der Waals surface area contributed by atoms with Gasteiger partial charge in [0, 0.05) is 0 Å². The van der Waals surface area contributed by atoms with E-state index in [9.17, 15) is 9.59 Å². The second kappa shape index (κ2) is 4.11. The molecular weight excluding hydrogens is 146 g/mol. The average molecular weight is 154 g/mol. The summed E-state index contributed by atoms with van der Waals surface area (Å²) in [7, 11) is 0. The zero-order valence-corrected chi connectivity index (χ0v) is 5.35. The zero-order valence-electron chi connectivity index (χ0n) is 4.53. The van der Waals surface area contributed by atoms with E-state index < -0.39 is 17.9 Å². The number of primary amides is 2. The number of amides is 2. The summed E-state index contributed by atoms with van der Waals surface area (Å²) in [4.78, 5) is 19.9. The molecule has 5 nitrogen and oxygen atoms in total. The maximum absolute atomic E-state index is 9.94. The van der Waals surface area contributed by atoms with Crippen LogP contribution in [0, 0.1) is 0 Å². The smallest absolute Gasteiger partial charge is 0.244 e. The summed E-state index contributed by atoms with van der Waals surface area (Å²) >= 11 is 0. The number of carbonyl (C=O) groups excluding carboxylic acids is 2. The number of hydrogen-bond donors (Lipinski definition) is 3. The molecule has 54 valence electrons. The summed E-state index contributed by atoms with van der Waals surface area (Å²) < 4.78 is 0. The van der Waals surface area contributed by atoms with E-state index in [1.165, 1.54) is 0 Å². The van der Waals surface area contributed by atoms with Gasteiger partial charge in [0.05, 0.1) is 0 Å². The van der Waals surface area contributed by atoms with E-state index in [0.29, 0.717) is 0 Å². The standard InChI is InChI=1S/C3H7N3O2.ClH/c4-1(2(5)7)3(6)8;/h1H,4H2,(H2,5,7)(H2,6,8);1H. The predicted octanol–water partition coefficient (Wildman–Crippen LogP) is -2.29. The first-order valence-electron chi connectivity index (χ1n) is 1.90. The molecule has 0 aromatic heterocycles. The van der Waals surface area contributed by atoms with Gasteiger partial charge in [-0.05, 0) is 0 Å². The Bertz CT molecular complexity index is 112. The highest BCUT2D eigenvalue weighted by Crippen LogP contribution is 1.69. The Morgan fingerprint density at radius 3 is 1.33 bits per heavy atom. The molecule has 0 saturated heterocycles. The Hall–Kier alpha value is -0.810. The van der Waals surface area contributed by atoms with Crippen LogP contribution in [0.25, 0.3) is 0 Å². The lowest BCUT2D eigenvalue weighted by atomic mass is 10.3. The van der Waals surface area contributed by atoms with Gasteiger partial charge in [-0.25, -0.2) is 0 Å². The summed E-state index contributed by atoms with van der Waals surface area (Å²) in [6.45, 7) is 0. The molecule has 0 aromatic carbocycles. The molecule has 0 radical (unpaired) electrons. The van der Waals surface area contributed by atoms with Crippen molar-refractivity contribution < 1.29 is 9.59 Å². The number of carbonyl (C=O) groups is 2. The molecule has 0 bridgehead atoms. The highest BCUT2D eigenvalue weighted by atomic mass is 35.5. The van der Waals surface area contributed by atoms with Gasteiger partial charge in [0.25, 0.3) is 0 Å². The molecule has 0 unspecified atom stereocenters. The Kier molecular flexibility index (Phi) is 5.04. The second-order valence-corrected chi connectivity index (χ2v) is 1.28. The third-order valence-electron chi connectivity index (χ3n) is 0.613. The molecular formula is C3H8ClN3O2. The van der Waals surface area contributed by atoms with Crippen LogP contribution in [0.4, 0.5) is 0 Å². The quantitative estimate of drug-likeness (QED) is 0.388. The largest absolute Gasteiger partial charge is 0.368 e. The highest BCUT2D eigenvalue weighted by molar-refractivity contribution is 6.02. The van der Waals surface area contributed by atoms with E-state index in [4.69, 9.17) is 5.73 Å². The molecule has 0 aliphatic heterocycles. The summed E-state index contributed by atoms with van der Waals surface area (Å²) in [5, 5.41) is 0. The Morgan fingerprint density at radius 1 is 1.11 bits per heavy atom. The molecule has 0 spiro atoms. The van der Waals surface area contributed by atoms with Gasteiger partial charge >= 0.3 is 0 Å². The van der Waals surface area contributed by atoms with Crippen LogP contribution in [0.5, 0.6) is 0 Å². The molecule has 0 fully saturated rings. The zero-order chi connectivity index (χ0) is 6.73. The van der Waals surface area contributed by atoms with E-state index in [-0.39, 0.29) is 12.4 Å². The van der Waals surface area contributed by atoms with Gasteiger partial charge in [0.1, 0.15) is 0 Å². The van der Waals surface area contributed by atoms with Gasteiger partial charge in [-0.15, -0.1) is 12.4 Å². The molecule has 0 aromatic rings. The molecule has 9 heavy (non-hydrogen) atoms. The van der Waals surface area contributed by atoms with Gasteiger partial charge in [-0.1, -0.05) is 0 Å². The van der Waals surface area contributed by atoms with E-state index >= 15 is 0 Å². The minimum atomic E-state index is -1.35. The molecule has 0 saturated carbocycles. The van der Waals surface area contributed by atoms with Crippen molar-refractivity contribution >= 4 is 24.2 Å². The number of rotatable bonds is 2. The van der Waals surface area contributed by atoms with Gasteiger partial charge in [0.2, 0.25) is 11.8 Å². The van der Waals surface area contributed by atoms with Crippen molar-refractivity contribution in [1.82, 2.24) is 0 Å². The van der Waals surface area contributed by atoms with Crippen molar-refractivity contribution in [1.29, 1.82) is 0 Å². The monoisotopic (exact) mass is 153 g/mol. The van der Waals surface area contributed by atoms with Crippen LogP contribution < -0.4 is 17.2 Å². The fourth-order valence-corrected chi connectivity index (χ4v) is 0.140. The van der Waals surface area contributed by atoms with Crippen LogP contribution in [-0.4, -0.2) is 17.9 Å². The lowest BCUT2D eigenvalue weighted by Crippen LogP contribution is -2.46. The Labute approximate surface area is 58.0 Å². The molecule has 0 rings (SSSR count). The average Bonchev–Trinajstić information content (AvgIpc) is 1.64. The first-order valence-corrected chi connectivity index (χ1v) is 1.90. The fraction of sp³-hybridized carbons (Fsp3) is 0.333. The SMILES string of the molecule is Cl.NC(=O)C(N)C(N)=O. The number of nitrogens with two attached hydrogens (primary N) is 3. The van der Waals surface area contributed by atoms with Crippen molar-refractivity contribution in [3.8, 4) is 0 Å². The minimum absolute atomic E-state index is 0. The molecule has 0 aliphatic carbocycles. The number of hydrogen-bond acceptors (Lipinski definition) is 3. The van der Waals surface area contributed by atoms with Gasteiger partial charge in [0.15, 0.2) is 6.04 Å². The molecule has 2 amide bonds. The molecule has 6 N–H and O–H groups in total. The Morgan fingerprint density at radius 2 is 1.33 bits per heavy atom. The lowest BCUT2D eigenvalue weighted by Gasteiger charge is -1.97. The third-order valence-corrected chi connectivity index (χ3v) is 0.613. The summed E-state index contributed by atoms with van der Waals surface area (Å²) in [6.07, 6.45) is 0. The molecule has 6 heteroatoms. The third kappa shape index (κ3) is 3.75. The van der Waals surface area contributed by atoms with E-state index in [1.54, 1.807) is 0 Å². The van der Waals surface area contributed by atoms with Crippen LogP contribution in [0.3, 0.4) is 0 Å². The van der Waals surface area contributed by atoms with Crippen molar-refractivity contribution in [2.24, 2.45) is 17.2 Å². The minimum Gasteiger partial charge on any atom is -0.368 e. The van der Waals surface area contributed by atoms with Crippen LogP contribution in [0.2, 0.25) is 0 Å². The van der Waals surface area contributed by atoms with Gasteiger partial charge in [-0.3, -0.25) is 9.59 Å². The van der Waals surface area contributed by atoms with Gasteiger partial charge in [-0.2, -0.15) is 0 Å². The van der Waals surface area contributed by atoms with E-state index in [2.05, 4.69) is 11.5 Å². The summed E-state index contributed by atoms with van der Waals surface area (Å²) in [5.41, 5.74) is 14.0. The van der Waals surface area contributed by atoms with Crippen molar-refractivity contribution in [3.63, 3.8) is 0 Å². The van der Waals surface area contributed by atoms with E-state index in [0.717, 1.165) is 0 Å². The summed E-state index contributed by atoms with van der Waals surface area (Å²) in [5.74, 6) is -1.81. The van der Waals surface area contributed by atoms with Crippen molar-refractivity contribution in [2.45, 2.75) is 6.04 Å². The predicted molar refractivity (Wildman–Crippen MR) is 33.6 cm³/mol. The fourth-order valence-electron chi connectivity index (χ4n) is 0.140. The van der Waals surface area contributed by atoms with Crippen LogP contribution >= 0.6 is 12.4 Å². The maximum atomic E-state index is 9.94. The van der Waals surface area contributed by atoms with E-state index in [1.807, 2.05) is 0 Å². The van der Waals surface area contributed by atoms with Crippen LogP contribution in [-0.2, 0) is 9.59 Å². The lowest BCUT2D eigenvalue weighted by molar-refractivity contribution is -0.127. The van der Waals surface area contributed by atoms with Crippen LogP contribution in [0.15, 0.2) is 0 Å². The first-order chi connectivity index (χ1) is 3.55. The second-order valence-electron chi connectivity index (χ2n) is 1.28. The topological polar surface area (TPSA) is 112 Å². The first kappa shape index (κ1) is 11.0. The Balaban J connectivity index is 0. The normalized spacial score (nSPS) is 8.22. The molecule has 0 heterocycles. The van der Waals surface area contributed by atoms with Crippen molar-refractivity contribution in [2.75, 3.05) is 0 Å². The number of halogens is 1. The molecule has 0 atom stereocenters. The van der Waals surface area contributed by atoms with Gasteiger partial charge < -0.3 is 17.2 Å². The highest BCUT2D eigenvalue weighted by Gasteiger charge is 2.14. The summed E-state index contributed by atoms with van der Waals surface area (Å²) in [6, 6.07) is -1.35. The maximum Gasteiger partial charge on any atom is 0.244 e.